The van der Waals surface area contributed by atoms with Gasteiger partial charge in [0, 0.05) is 27.7 Å². The Morgan fingerprint density at radius 2 is 2.17 bits per heavy atom. The first kappa shape index (κ1) is 15.9. The Balaban J connectivity index is 2.00. The van der Waals surface area contributed by atoms with Gasteiger partial charge in [-0.05, 0) is 37.3 Å². The number of nitriles is 1. The van der Waals surface area contributed by atoms with Crippen LogP contribution in [0.2, 0.25) is 5.02 Å². The number of nitrogens with zero attached hydrogens (tertiary/aromatic N) is 2. The molecule has 0 saturated heterocycles. The molecule has 4 nitrogen and oxygen atoms in total. The maximum Gasteiger partial charge on any atom is 0.166 e. The van der Waals surface area contributed by atoms with Crippen molar-refractivity contribution in [2.45, 2.75) is 25.7 Å². The van der Waals surface area contributed by atoms with Crippen molar-refractivity contribution < 1.29 is 9.84 Å². The van der Waals surface area contributed by atoms with Crippen LogP contribution in [0.3, 0.4) is 0 Å². The smallest absolute Gasteiger partial charge is 0.166 e. The van der Waals surface area contributed by atoms with Crippen LogP contribution in [0.25, 0.3) is 0 Å². The second-order valence-electron chi connectivity index (χ2n) is 5.31. The van der Waals surface area contributed by atoms with Crippen LogP contribution in [-0.4, -0.2) is 18.4 Å². The third-order valence-corrected chi connectivity index (χ3v) is 5.29. The van der Waals surface area contributed by atoms with Gasteiger partial charge in [0.2, 0.25) is 0 Å². The number of hydrogen-bond donors (Lipinski definition) is 1. The minimum Gasteiger partial charge on any atom is -0.504 e. The Morgan fingerprint density at radius 1 is 1.39 bits per heavy atom. The van der Waals surface area contributed by atoms with Crippen LogP contribution >= 0.6 is 22.9 Å². The third-order valence-electron chi connectivity index (χ3n) is 3.87. The molecule has 1 aromatic carbocycles. The van der Waals surface area contributed by atoms with Crippen LogP contribution in [0.15, 0.2) is 17.1 Å². The summed E-state index contributed by atoms with van der Waals surface area (Å²) in [5.74, 6) is 0.283. The first-order valence-corrected chi connectivity index (χ1v) is 8.48. The summed E-state index contributed by atoms with van der Waals surface area (Å²) in [6.45, 7) is 0. The fourth-order valence-corrected chi connectivity index (χ4v) is 4.13. The molecule has 1 N–H and O–H groups in total. The van der Waals surface area contributed by atoms with Gasteiger partial charge in [-0.25, -0.2) is 4.99 Å². The Labute approximate surface area is 143 Å². The lowest BCUT2D eigenvalue weighted by Gasteiger charge is -2.09. The molecule has 0 atom stereocenters. The summed E-state index contributed by atoms with van der Waals surface area (Å²) in [7, 11) is 1.47. The Bertz CT molecular complexity index is 821. The average molecular weight is 347 g/mol. The van der Waals surface area contributed by atoms with E-state index in [4.69, 9.17) is 16.3 Å². The Kier molecular flexibility index (Phi) is 4.56. The van der Waals surface area contributed by atoms with E-state index in [-0.39, 0.29) is 5.75 Å². The number of hydrogen-bond acceptors (Lipinski definition) is 5. The maximum absolute atomic E-state index is 10.1. The zero-order chi connectivity index (χ0) is 16.4. The number of methoxy groups -OCH3 is 1. The number of benzene rings is 1. The number of rotatable bonds is 3. The summed E-state index contributed by atoms with van der Waals surface area (Å²) in [5, 5.41) is 20.7. The largest absolute Gasteiger partial charge is 0.504 e. The van der Waals surface area contributed by atoms with Gasteiger partial charge < -0.3 is 9.84 Å². The first-order chi connectivity index (χ1) is 11.1. The number of phenols is 1. The highest BCUT2D eigenvalue weighted by molar-refractivity contribution is 7.16. The van der Waals surface area contributed by atoms with Crippen molar-refractivity contribution in [3.05, 3.63) is 38.7 Å². The summed E-state index contributed by atoms with van der Waals surface area (Å²) in [6.07, 6.45) is 5.77. The standard InChI is InChI=1S/C17H15ClN2O2S/c1-22-14-7-11(18)6-10(16(14)21)9-20-17-13(8-19)12-4-2-3-5-15(12)23-17/h6-7,9,21H,2-5H2,1H3/b20-9-. The minimum absolute atomic E-state index is 0.0134. The molecule has 0 bridgehead atoms. The summed E-state index contributed by atoms with van der Waals surface area (Å²) in [6, 6.07) is 5.43. The van der Waals surface area contributed by atoms with Gasteiger partial charge in [0.15, 0.2) is 11.5 Å². The molecule has 0 spiro atoms. The molecule has 3 rings (SSSR count). The summed E-state index contributed by atoms with van der Waals surface area (Å²) in [5.41, 5.74) is 2.27. The molecule has 23 heavy (non-hydrogen) atoms. The number of thiophene rings is 1. The summed E-state index contributed by atoms with van der Waals surface area (Å²) < 4.78 is 5.08. The lowest BCUT2D eigenvalue weighted by Crippen LogP contribution is -1.99. The maximum atomic E-state index is 10.1. The van der Waals surface area contributed by atoms with E-state index in [1.165, 1.54) is 18.2 Å². The number of halogens is 1. The molecule has 0 amide bonds. The fourth-order valence-electron chi connectivity index (χ4n) is 2.73. The van der Waals surface area contributed by atoms with Crippen LogP contribution in [0.1, 0.15) is 34.4 Å². The lowest BCUT2D eigenvalue weighted by molar-refractivity contribution is 0.373. The lowest BCUT2D eigenvalue weighted by atomic mass is 9.96. The first-order valence-electron chi connectivity index (χ1n) is 7.29. The third kappa shape index (κ3) is 3.05. The second-order valence-corrected chi connectivity index (χ2v) is 6.83. The molecule has 6 heteroatoms. The minimum atomic E-state index is -0.0134. The molecule has 0 radical (unpaired) electrons. The highest BCUT2D eigenvalue weighted by Gasteiger charge is 2.20. The highest BCUT2D eigenvalue weighted by Crippen LogP contribution is 2.40. The highest BCUT2D eigenvalue weighted by atomic mass is 35.5. The molecular weight excluding hydrogens is 332 g/mol. The molecule has 0 saturated carbocycles. The molecule has 1 aliphatic carbocycles. The van der Waals surface area contributed by atoms with Crippen molar-refractivity contribution >= 4 is 34.2 Å². The molecule has 118 valence electrons. The summed E-state index contributed by atoms with van der Waals surface area (Å²) in [4.78, 5) is 5.68. The number of ether oxygens (including phenoxy) is 1. The van der Waals surface area contributed by atoms with E-state index >= 15 is 0 Å². The zero-order valence-electron chi connectivity index (χ0n) is 12.6. The van der Waals surface area contributed by atoms with E-state index in [2.05, 4.69) is 11.1 Å². The van der Waals surface area contributed by atoms with E-state index in [1.807, 2.05) is 0 Å². The second kappa shape index (κ2) is 6.61. The van der Waals surface area contributed by atoms with Gasteiger partial charge >= 0.3 is 0 Å². The molecule has 0 unspecified atom stereocenters. The van der Waals surface area contributed by atoms with E-state index < -0.39 is 0 Å². The van der Waals surface area contributed by atoms with E-state index in [1.54, 1.807) is 23.5 Å². The van der Waals surface area contributed by atoms with E-state index in [0.717, 1.165) is 31.2 Å². The van der Waals surface area contributed by atoms with Gasteiger partial charge in [-0.2, -0.15) is 5.26 Å². The topological polar surface area (TPSA) is 65.6 Å². The van der Waals surface area contributed by atoms with Crippen molar-refractivity contribution in [1.29, 1.82) is 5.26 Å². The molecule has 1 heterocycles. The van der Waals surface area contributed by atoms with Crippen molar-refractivity contribution in [2.75, 3.05) is 7.11 Å². The normalized spacial score (nSPS) is 13.8. The molecule has 1 aliphatic rings. The predicted octanol–water partition coefficient (Wildman–Crippen LogP) is 4.62. The van der Waals surface area contributed by atoms with Gasteiger partial charge in [-0.1, -0.05) is 11.6 Å². The van der Waals surface area contributed by atoms with Gasteiger partial charge in [-0.15, -0.1) is 11.3 Å². The molecule has 1 aromatic heterocycles. The van der Waals surface area contributed by atoms with Crippen molar-refractivity contribution in [2.24, 2.45) is 4.99 Å². The fraction of sp³-hybridized carbons (Fsp3) is 0.294. The average Bonchev–Trinajstić information content (AvgIpc) is 2.92. The van der Waals surface area contributed by atoms with Crippen molar-refractivity contribution in [3.63, 3.8) is 0 Å². The summed E-state index contributed by atoms with van der Waals surface area (Å²) >= 11 is 7.58. The Morgan fingerprint density at radius 3 is 2.91 bits per heavy atom. The van der Waals surface area contributed by atoms with Crippen molar-refractivity contribution in [1.82, 2.24) is 0 Å². The molecular formula is C17H15ClN2O2S. The van der Waals surface area contributed by atoms with Gasteiger partial charge in [-0.3, -0.25) is 0 Å². The molecule has 0 fully saturated rings. The number of phenolic OH excluding ortho intramolecular Hbond substituents is 1. The van der Waals surface area contributed by atoms with Crippen LogP contribution in [0.4, 0.5) is 5.00 Å². The molecule has 0 aliphatic heterocycles. The monoisotopic (exact) mass is 346 g/mol. The number of fused-ring (bicyclic) bond motifs is 1. The van der Waals surface area contributed by atoms with E-state index in [0.29, 0.717) is 26.9 Å². The van der Waals surface area contributed by atoms with Gasteiger partial charge in [0.25, 0.3) is 0 Å². The van der Waals surface area contributed by atoms with Gasteiger partial charge in [0.1, 0.15) is 11.1 Å². The predicted molar refractivity (Wildman–Crippen MR) is 92.6 cm³/mol. The Hall–Kier alpha value is -2.03. The molecule has 2 aromatic rings. The quantitative estimate of drug-likeness (QED) is 0.825. The number of aryl methyl sites for hydroxylation is 1. The number of aromatic hydroxyl groups is 1. The van der Waals surface area contributed by atoms with Crippen LogP contribution < -0.4 is 4.74 Å². The van der Waals surface area contributed by atoms with Gasteiger partial charge in [0.05, 0.1) is 12.7 Å². The SMILES string of the molecule is COc1cc(Cl)cc(/C=N\c2sc3c(c2C#N)CCCC3)c1O. The van der Waals surface area contributed by atoms with E-state index in [9.17, 15) is 10.4 Å². The number of aliphatic imine (C=N–C) groups is 1. The van der Waals surface area contributed by atoms with Crippen LogP contribution in [-0.2, 0) is 12.8 Å². The zero-order valence-corrected chi connectivity index (χ0v) is 14.2. The van der Waals surface area contributed by atoms with Crippen molar-refractivity contribution in [3.8, 4) is 17.6 Å². The van der Waals surface area contributed by atoms with Crippen LogP contribution in [0.5, 0.6) is 11.5 Å². The van der Waals surface area contributed by atoms with Crippen LogP contribution in [0, 0.1) is 11.3 Å².